The molecule has 3 rings (SSSR count). The van der Waals surface area contributed by atoms with Crippen molar-refractivity contribution >= 4 is 5.91 Å². The van der Waals surface area contributed by atoms with Crippen LogP contribution in [0.3, 0.4) is 0 Å². The molecular weight excluding hydrogens is 310 g/mol. The first-order chi connectivity index (χ1) is 11.6. The second kappa shape index (κ2) is 7.04. The molecule has 1 amide bonds. The average molecular weight is 333 g/mol. The quantitative estimate of drug-likeness (QED) is 0.832. The third kappa shape index (κ3) is 3.14. The summed E-state index contributed by atoms with van der Waals surface area (Å²) in [5, 5.41) is 10.4. The molecule has 24 heavy (non-hydrogen) atoms. The third-order valence-corrected chi connectivity index (χ3v) is 4.35. The van der Waals surface area contributed by atoms with Crippen LogP contribution < -0.4 is 16.3 Å². The molecule has 0 saturated carbocycles. The minimum absolute atomic E-state index is 0.143. The summed E-state index contributed by atoms with van der Waals surface area (Å²) in [5.41, 5.74) is -0.143. The molecule has 2 aromatic heterocycles. The fourth-order valence-electron chi connectivity index (χ4n) is 3.09. The number of hydrogen-bond donors (Lipinski definition) is 2. The summed E-state index contributed by atoms with van der Waals surface area (Å²) in [6.45, 7) is 4.62. The molecule has 3 heterocycles. The highest BCUT2D eigenvalue weighted by Crippen LogP contribution is 2.20. The summed E-state index contributed by atoms with van der Waals surface area (Å²) in [6.07, 6.45) is 2.12. The van der Waals surface area contributed by atoms with E-state index >= 15 is 0 Å². The maximum atomic E-state index is 12.6. The topological polar surface area (TPSA) is 94.1 Å². The highest BCUT2D eigenvalue weighted by atomic mass is 16.4. The largest absolute Gasteiger partial charge is 0.454 e. The van der Waals surface area contributed by atoms with Gasteiger partial charge >= 0.3 is 5.69 Å². The molecule has 0 bridgehead atoms. The number of carbonyl (C=O) groups excluding carboxylic acids is 1. The van der Waals surface area contributed by atoms with Gasteiger partial charge in [0.15, 0.2) is 5.76 Å². The van der Waals surface area contributed by atoms with E-state index in [1.54, 1.807) is 23.7 Å². The van der Waals surface area contributed by atoms with E-state index in [1.165, 1.54) is 4.68 Å². The maximum absolute atomic E-state index is 12.6. The number of furan rings is 1. The minimum Gasteiger partial charge on any atom is -0.454 e. The predicted octanol–water partition coefficient (Wildman–Crippen LogP) is 0.533. The predicted molar refractivity (Wildman–Crippen MR) is 88.2 cm³/mol. The van der Waals surface area contributed by atoms with Crippen molar-refractivity contribution in [1.29, 1.82) is 0 Å². The summed E-state index contributed by atoms with van der Waals surface area (Å²) in [6, 6.07) is 3.30. The first kappa shape index (κ1) is 16.5. The van der Waals surface area contributed by atoms with E-state index in [4.69, 9.17) is 4.42 Å². The second-order valence-electron chi connectivity index (χ2n) is 5.93. The van der Waals surface area contributed by atoms with E-state index in [-0.39, 0.29) is 29.8 Å². The molecule has 2 aromatic rings. The molecule has 1 aliphatic heterocycles. The Balaban J connectivity index is 1.85. The van der Waals surface area contributed by atoms with E-state index in [0.29, 0.717) is 12.3 Å². The maximum Gasteiger partial charge on any atom is 0.346 e. The summed E-state index contributed by atoms with van der Waals surface area (Å²) in [5.74, 6) is 1.55. The normalized spacial score (nSPS) is 17.8. The molecule has 0 spiro atoms. The zero-order valence-corrected chi connectivity index (χ0v) is 14.0. The van der Waals surface area contributed by atoms with E-state index in [0.717, 1.165) is 31.8 Å². The van der Waals surface area contributed by atoms with Gasteiger partial charge in [0.05, 0.1) is 0 Å². The molecule has 0 unspecified atom stereocenters. The van der Waals surface area contributed by atoms with Gasteiger partial charge in [-0.1, -0.05) is 0 Å². The van der Waals surface area contributed by atoms with Crippen molar-refractivity contribution in [3.05, 3.63) is 40.0 Å². The Kier molecular flexibility index (Phi) is 4.84. The molecule has 0 aliphatic carbocycles. The summed E-state index contributed by atoms with van der Waals surface area (Å²) < 4.78 is 8.63. The van der Waals surface area contributed by atoms with Gasteiger partial charge in [-0.3, -0.25) is 9.36 Å². The van der Waals surface area contributed by atoms with Gasteiger partial charge in [-0.25, -0.2) is 9.48 Å². The van der Waals surface area contributed by atoms with Crippen LogP contribution in [-0.4, -0.2) is 40.4 Å². The van der Waals surface area contributed by atoms with Crippen molar-refractivity contribution in [2.45, 2.75) is 38.8 Å². The first-order valence-electron chi connectivity index (χ1n) is 8.33. The Morgan fingerprint density at radius 3 is 3.00 bits per heavy atom. The van der Waals surface area contributed by atoms with Gasteiger partial charge < -0.3 is 15.1 Å². The number of nitrogens with one attached hydrogen (secondary N) is 2. The Hall–Kier alpha value is -2.35. The number of piperidine rings is 1. The Morgan fingerprint density at radius 2 is 2.33 bits per heavy atom. The van der Waals surface area contributed by atoms with Crippen LogP contribution in [0.25, 0.3) is 0 Å². The lowest BCUT2D eigenvalue weighted by Gasteiger charge is -2.21. The smallest absolute Gasteiger partial charge is 0.346 e. The lowest BCUT2D eigenvalue weighted by atomic mass is 9.99. The highest BCUT2D eigenvalue weighted by Gasteiger charge is 2.23. The molecule has 130 valence electrons. The van der Waals surface area contributed by atoms with Crippen molar-refractivity contribution in [3.8, 4) is 0 Å². The van der Waals surface area contributed by atoms with Crippen LogP contribution in [0.15, 0.2) is 21.3 Å². The van der Waals surface area contributed by atoms with E-state index in [1.807, 2.05) is 6.92 Å². The molecule has 1 fully saturated rings. The monoisotopic (exact) mass is 333 g/mol. The minimum atomic E-state index is -0.290. The zero-order chi connectivity index (χ0) is 17.1. The fourth-order valence-corrected chi connectivity index (χ4v) is 3.09. The van der Waals surface area contributed by atoms with Crippen LogP contribution >= 0.6 is 0 Å². The Bertz CT molecular complexity index is 767. The lowest BCUT2D eigenvalue weighted by molar-refractivity contribution is 0.0933. The molecular formula is C16H23N5O3. The van der Waals surface area contributed by atoms with Crippen LogP contribution in [0.2, 0.25) is 0 Å². The summed E-state index contributed by atoms with van der Waals surface area (Å²) in [4.78, 5) is 24.1. The van der Waals surface area contributed by atoms with Crippen LogP contribution in [0.5, 0.6) is 0 Å². The lowest BCUT2D eigenvalue weighted by Crippen LogP contribution is -2.31. The van der Waals surface area contributed by atoms with Crippen molar-refractivity contribution in [3.63, 3.8) is 0 Å². The van der Waals surface area contributed by atoms with Crippen LogP contribution in [0.1, 0.15) is 47.8 Å². The van der Waals surface area contributed by atoms with Gasteiger partial charge in [-0.05, 0) is 38.4 Å². The highest BCUT2D eigenvalue weighted by molar-refractivity contribution is 5.91. The number of aromatic nitrogens is 3. The molecule has 0 aromatic carbocycles. The number of carbonyl (C=O) groups is 1. The fraction of sp³-hybridized carbons (Fsp3) is 0.562. The Labute approximate surface area is 139 Å². The first-order valence-corrected chi connectivity index (χ1v) is 8.33. The van der Waals surface area contributed by atoms with Crippen LogP contribution in [-0.2, 0) is 13.1 Å². The standard InChI is InChI=1S/C16H23N5O3/c1-3-20-14(11-5-4-8-18-9-11)19-21(16(20)23)10-12-6-7-13(24-12)15(22)17-2/h6-7,11,18H,3-5,8-10H2,1-2H3,(H,17,22)/t11-/m0/s1. The van der Waals surface area contributed by atoms with Crippen LogP contribution in [0, 0.1) is 0 Å². The van der Waals surface area contributed by atoms with E-state index in [2.05, 4.69) is 15.7 Å². The average Bonchev–Trinajstić information content (AvgIpc) is 3.20. The van der Waals surface area contributed by atoms with Gasteiger partial charge in [-0.15, -0.1) is 0 Å². The van der Waals surface area contributed by atoms with Gasteiger partial charge in [0.1, 0.15) is 18.1 Å². The van der Waals surface area contributed by atoms with E-state index < -0.39 is 0 Å². The summed E-state index contributed by atoms with van der Waals surface area (Å²) >= 11 is 0. The van der Waals surface area contributed by atoms with Gasteiger partial charge in [0.2, 0.25) is 0 Å². The number of nitrogens with zero attached hydrogens (tertiary/aromatic N) is 3. The van der Waals surface area contributed by atoms with Gasteiger partial charge in [0.25, 0.3) is 5.91 Å². The molecule has 0 radical (unpaired) electrons. The number of rotatable bonds is 5. The van der Waals surface area contributed by atoms with Crippen molar-refractivity contribution in [2.75, 3.05) is 20.1 Å². The number of amides is 1. The molecule has 2 N–H and O–H groups in total. The van der Waals surface area contributed by atoms with Crippen molar-refractivity contribution in [2.24, 2.45) is 0 Å². The summed E-state index contributed by atoms with van der Waals surface area (Å²) in [7, 11) is 1.54. The van der Waals surface area contributed by atoms with Gasteiger partial charge in [0, 0.05) is 26.1 Å². The molecule has 1 aliphatic rings. The molecule has 1 atom stereocenters. The Morgan fingerprint density at radius 1 is 1.50 bits per heavy atom. The van der Waals surface area contributed by atoms with E-state index in [9.17, 15) is 9.59 Å². The number of hydrogen-bond acceptors (Lipinski definition) is 5. The van der Waals surface area contributed by atoms with Crippen molar-refractivity contribution in [1.82, 2.24) is 25.0 Å². The third-order valence-electron chi connectivity index (χ3n) is 4.35. The second-order valence-corrected chi connectivity index (χ2v) is 5.93. The molecule has 8 heteroatoms. The zero-order valence-electron chi connectivity index (χ0n) is 14.0. The molecule has 1 saturated heterocycles. The molecule has 8 nitrogen and oxygen atoms in total. The van der Waals surface area contributed by atoms with Crippen LogP contribution in [0.4, 0.5) is 0 Å². The SMILES string of the molecule is CCn1c([C@H]2CCCNC2)nn(Cc2ccc(C(=O)NC)o2)c1=O. The van der Waals surface area contributed by atoms with Gasteiger partial charge in [-0.2, -0.15) is 5.10 Å². The van der Waals surface area contributed by atoms with Crippen molar-refractivity contribution < 1.29 is 9.21 Å².